The van der Waals surface area contributed by atoms with E-state index in [2.05, 4.69) is 27.3 Å². The summed E-state index contributed by atoms with van der Waals surface area (Å²) in [7, 11) is 1.87. The minimum absolute atomic E-state index is 0.223. The third-order valence-electron chi connectivity index (χ3n) is 2.69. The number of hydrogen-bond acceptors (Lipinski definition) is 2. The Morgan fingerprint density at radius 1 is 1.33 bits per heavy atom. The zero-order chi connectivity index (χ0) is 13.4. The van der Waals surface area contributed by atoms with E-state index in [1.165, 1.54) is 5.56 Å². The highest BCUT2D eigenvalue weighted by atomic mass is 79.9. The molecule has 0 radical (unpaired) electrons. The molecule has 1 N–H and O–H groups in total. The first-order valence-corrected chi connectivity index (χ1v) is 6.69. The van der Waals surface area contributed by atoms with Gasteiger partial charge in [-0.05, 0) is 31.5 Å². The van der Waals surface area contributed by atoms with E-state index in [-0.39, 0.29) is 6.04 Å². The highest BCUT2D eigenvalue weighted by molar-refractivity contribution is 9.10. The number of hydrogen-bond donors (Lipinski definition) is 1. The summed E-state index contributed by atoms with van der Waals surface area (Å²) in [5.41, 5.74) is 1.20. The number of likely N-dealkylation sites (N-methyl/N-ethyl adjacent to an activating group) is 1. The Morgan fingerprint density at radius 3 is 2.67 bits per heavy atom. The van der Waals surface area contributed by atoms with Crippen LogP contribution in [-0.4, -0.2) is 32.7 Å². The minimum Gasteiger partial charge on any atom is -0.375 e. The summed E-state index contributed by atoms with van der Waals surface area (Å²) in [6.07, 6.45) is -0.832. The Morgan fingerprint density at radius 2 is 2.06 bits per heavy atom. The average Bonchev–Trinajstić information content (AvgIpc) is 2.35. The molecule has 0 aliphatic heterocycles. The van der Waals surface area contributed by atoms with Gasteiger partial charge in [0, 0.05) is 17.1 Å². The molecule has 1 aromatic carbocycles. The van der Waals surface area contributed by atoms with Crippen molar-refractivity contribution >= 4 is 15.9 Å². The van der Waals surface area contributed by atoms with Crippen molar-refractivity contribution in [3.05, 3.63) is 34.3 Å². The molecule has 1 unspecified atom stereocenters. The second-order valence-electron chi connectivity index (χ2n) is 4.04. The summed E-state index contributed by atoms with van der Waals surface area (Å²) >= 11 is 3.50. The number of rotatable bonds is 8. The van der Waals surface area contributed by atoms with E-state index < -0.39 is 13.0 Å². The van der Waals surface area contributed by atoms with Crippen molar-refractivity contribution in [2.45, 2.75) is 25.3 Å². The lowest BCUT2D eigenvalue weighted by Crippen LogP contribution is -2.29. The molecule has 18 heavy (non-hydrogen) atoms. The van der Waals surface area contributed by atoms with Crippen LogP contribution in [0.25, 0.3) is 0 Å². The van der Waals surface area contributed by atoms with Gasteiger partial charge in [0.15, 0.2) is 0 Å². The topological polar surface area (TPSA) is 21.3 Å². The maximum atomic E-state index is 11.9. The SMILES string of the molecule is CNC(CCOCC(F)F)Cc1ccccc1Br. The van der Waals surface area contributed by atoms with Crippen molar-refractivity contribution in [1.82, 2.24) is 5.32 Å². The summed E-state index contributed by atoms with van der Waals surface area (Å²) < 4.78 is 29.8. The predicted molar refractivity (Wildman–Crippen MR) is 72.1 cm³/mol. The maximum Gasteiger partial charge on any atom is 0.261 e. The van der Waals surface area contributed by atoms with Gasteiger partial charge in [-0.1, -0.05) is 34.1 Å². The summed E-state index contributed by atoms with van der Waals surface area (Å²) in [5.74, 6) is 0. The van der Waals surface area contributed by atoms with Crippen LogP contribution in [0.1, 0.15) is 12.0 Å². The molecule has 0 fully saturated rings. The predicted octanol–water partition coefficient (Wildman–Crippen LogP) is 3.25. The largest absolute Gasteiger partial charge is 0.375 e. The van der Waals surface area contributed by atoms with Crippen molar-refractivity contribution < 1.29 is 13.5 Å². The minimum atomic E-state index is -2.39. The van der Waals surface area contributed by atoms with E-state index >= 15 is 0 Å². The van der Waals surface area contributed by atoms with Crippen LogP contribution in [0.15, 0.2) is 28.7 Å². The number of benzene rings is 1. The Balaban J connectivity index is 2.36. The zero-order valence-electron chi connectivity index (χ0n) is 10.3. The molecule has 5 heteroatoms. The fourth-order valence-electron chi connectivity index (χ4n) is 1.68. The molecule has 0 bridgehead atoms. The van der Waals surface area contributed by atoms with E-state index in [4.69, 9.17) is 4.74 Å². The van der Waals surface area contributed by atoms with Gasteiger partial charge in [0.2, 0.25) is 0 Å². The van der Waals surface area contributed by atoms with Crippen molar-refractivity contribution in [2.24, 2.45) is 0 Å². The van der Waals surface area contributed by atoms with Gasteiger partial charge in [-0.25, -0.2) is 8.78 Å². The molecule has 0 saturated heterocycles. The molecule has 0 amide bonds. The van der Waals surface area contributed by atoms with Crippen LogP contribution in [0.3, 0.4) is 0 Å². The lowest BCUT2D eigenvalue weighted by atomic mass is 10.0. The van der Waals surface area contributed by atoms with E-state index in [0.717, 1.165) is 10.9 Å². The van der Waals surface area contributed by atoms with E-state index in [0.29, 0.717) is 13.0 Å². The molecule has 102 valence electrons. The lowest BCUT2D eigenvalue weighted by molar-refractivity contribution is 0.0146. The van der Waals surface area contributed by atoms with Gasteiger partial charge in [-0.2, -0.15) is 0 Å². The van der Waals surface area contributed by atoms with Crippen LogP contribution in [0.5, 0.6) is 0 Å². The third kappa shape index (κ3) is 5.89. The molecule has 0 spiro atoms. The van der Waals surface area contributed by atoms with Crippen LogP contribution < -0.4 is 5.32 Å². The van der Waals surface area contributed by atoms with Crippen LogP contribution in [-0.2, 0) is 11.2 Å². The van der Waals surface area contributed by atoms with Gasteiger partial charge in [0.25, 0.3) is 6.43 Å². The smallest absolute Gasteiger partial charge is 0.261 e. The fraction of sp³-hybridized carbons (Fsp3) is 0.538. The van der Waals surface area contributed by atoms with E-state index in [1.807, 2.05) is 25.2 Å². The Hall–Kier alpha value is -0.520. The van der Waals surface area contributed by atoms with Crippen LogP contribution in [0.4, 0.5) is 8.78 Å². The first-order chi connectivity index (χ1) is 8.63. The van der Waals surface area contributed by atoms with Crippen LogP contribution in [0, 0.1) is 0 Å². The summed E-state index contributed by atoms with van der Waals surface area (Å²) in [4.78, 5) is 0. The molecule has 1 rings (SSSR count). The zero-order valence-corrected chi connectivity index (χ0v) is 11.9. The monoisotopic (exact) mass is 321 g/mol. The van der Waals surface area contributed by atoms with Crippen molar-refractivity contribution in [3.63, 3.8) is 0 Å². The van der Waals surface area contributed by atoms with Gasteiger partial charge in [0.05, 0.1) is 0 Å². The molecule has 0 saturated carbocycles. The molecule has 0 heterocycles. The second-order valence-corrected chi connectivity index (χ2v) is 4.89. The molecule has 2 nitrogen and oxygen atoms in total. The molecule has 1 aromatic rings. The Kier molecular flexibility index (Phi) is 7.39. The average molecular weight is 322 g/mol. The Labute approximate surface area is 115 Å². The maximum absolute atomic E-state index is 11.9. The summed E-state index contributed by atoms with van der Waals surface area (Å²) in [6.45, 7) is -0.133. The molecular formula is C13H18BrF2NO. The van der Waals surface area contributed by atoms with Gasteiger partial charge in [-0.3, -0.25) is 0 Å². The number of alkyl halides is 2. The van der Waals surface area contributed by atoms with Gasteiger partial charge in [-0.15, -0.1) is 0 Å². The Bertz CT molecular complexity index is 350. The highest BCUT2D eigenvalue weighted by Gasteiger charge is 2.10. The third-order valence-corrected chi connectivity index (χ3v) is 3.46. The summed E-state index contributed by atoms with van der Waals surface area (Å²) in [5, 5.41) is 3.18. The fourth-order valence-corrected chi connectivity index (χ4v) is 2.12. The van der Waals surface area contributed by atoms with Crippen molar-refractivity contribution in [1.29, 1.82) is 0 Å². The molecule has 0 aliphatic rings. The molecule has 0 aromatic heterocycles. The number of nitrogens with one attached hydrogen (secondary N) is 1. The van der Waals surface area contributed by atoms with Gasteiger partial charge >= 0.3 is 0 Å². The lowest BCUT2D eigenvalue weighted by Gasteiger charge is -2.17. The molecular weight excluding hydrogens is 304 g/mol. The van der Waals surface area contributed by atoms with Crippen molar-refractivity contribution in [3.8, 4) is 0 Å². The van der Waals surface area contributed by atoms with E-state index in [1.54, 1.807) is 0 Å². The van der Waals surface area contributed by atoms with E-state index in [9.17, 15) is 8.78 Å². The molecule has 1 atom stereocenters. The summed E-state index contributed by atoms with van der Waals surface area (Å²) in [6, 6.07) is 8.22. The molecule has 0 aliphatic carbocycles. The first kappa shape index (κ1) is 15.5. The number of halogens is 3. The number of ether oxygens (including phenoxy) is 1. The normalized spacial score (nSPS) is 12.9. The van der Waals surface area contributed by atoms with Crippen LogP contribution in [0.2, 0.25) is 0 Å². The second kappa shape index (κ2) is 8.56. The standard InChI is InChI=1S/C13H18BrF2NO/c1-17-11(6-7-18-9-13(15)16)8-10-4-2-3-5-12(10)14/h2-5,11,13,17H,6-9H2,1H3. The highest BCUT2D eigenvalue weighted by Crippen LogP contribution is 2.18. The first-order valence-electron chi connectivity index (χ1n) is 5.90. The van der Waals surface area contributed by atoms with Crippen LogP contribution >= 0.6 is 15.9 Å². The van der Waals surface area contributed by atoms with Crippen molar-refractivity contribution in [2.75, 3.05) is 20.3 Å². The van der Waals surface area contributed by atoms with Gasteiger partial charge < -0.3 is 10.1 Å². The van der Waals surface area contributed by atoms with Gasteiger partial charge in [0.1, 0.15) is 6.61 Å². The quantitative estimate of drug-likeness (QED) is 0.742.